The molecule has 0 saturated heterocycles. The molecule has 0 spiro atoms. The van der Waals surface area contributed by atoms with Gasteiger partial charge in [-0.3, -0.25) is 0 Å². The molecular formula is H4CeMnOSr. The Kier molecular flexibility index (Phi) is 107. The molecule has 0 bridgehead atoms. The molecular weight excluding hydrogens is 299 g/mol. The molecule has 0 rings (SSSR count). The molecule has 0 aliphatic heterocycles. The minimum atomic E-state index is 0. The van der Waals surface area contributed by atoms with Crippen molar-refractivity contribution in [2.45, 2.75) is 0 Å². The molecule has 0 heterocycles. The smallest absolute Gasteiger partial charge is 1.00 e. The Morgan fingerprint density at radius 2 is 1.25 bits per heavy atom. The van der Waals surface area contributed by atoms with E-state index < -0.39 is 0 Å². The van der Waals surface area contributed by atoms with Gasteiger partial charge in [0, 0.05) is 58.8 Å². The largest absolute Gasteiger partial charge is 2.00 e. The van der Waals surface area contributed by atoms with Crippen LogP contribution in [0.4, 0.5) is 0 Å². The fraction of sp³-hybridized carbons (Fsp3) is 0. The van der Waals surface area contributed by atoms with Gasteiger partial charge in [-0.1, -0.05) is 0 Å². The predicted molar refractivity (Wildman–Crippen MR) is 11.6 cm³/mol. The van der Waals surface area contributed by atoms with E-state index in [1.54, 1.807) is 0 Å². The molecule has 0 saturated carbocycles. The first-order valence-corrected chi connectivity index (χ1v) is 0. The van der Waals surface area contributed by atoms with Gasteiger partial charge >= 0.3 is 45.5 Å². The summed E-state index contributed by atoms with van der Waals surface area (Å²) in [5, 5.41) is 0. The van der Waals surface area contributed by atoms with E-state index in [4.69, 9.17) is 0 Å². The van der Waals surface area contributed by atoms with Gasteiger partial charge in [0.15, 0.2) is 0 Å². The van der Waals surface area contributed by atoms with Crippen molar-refractivity contribution in [2.24, 2.45) is 0 Å². The average molecular weight is 303 g/mol. The molecule has 0 aromatic carbocycles. The zero-order chi connectivity index (χ0) is 0. The molecule has 23 valence electrons. The fourth-order valence-electron chi connectivity index (χ4n) is 0. The second kappa shape index (κ2) is 16.2. The van der Waals surface area contributed by atoms with Gasteiger partial charge in [0.25, 0.3) is 0 Å². The molecule has 0 fully saturated rings. The zero-order valence-corrected chi connectivity index (χ0v) is 9.88. The molecule has 1 nitrogen and oxygen atoms in total. The van der Waals surface area contributed by atoms with Crippen LogP contribution in [0, 0.1) is 41.7 Å². The number of rotatable bonds is 0. The summed E-state index contributed by atoms with van der Waals surface area (Å²) >= 11 is 0. The summed E-state index contributed by atoms with van der Waals surface area (Å²) in [6.45, 7) is 0. The quantitative estimate of drug-likeness (QED) is 0.515. The van der Waals surface area contributed by atoms with Gasteiger partial charge in [-0.15, -0.1) is 0 Å². The van der Waals surface area contributed by atoms with E-state index >= 15 is 0 Å². The number of hydrogen-bond acceptors (Lipinski definition) is 0. The molecule has 0 unspecified atom stereocenters. The normalized spacial score (nSPS) is 0. The summed E-state index contributed by atoms with van der Waals surface area (Å²) in [6, 6.07) is 0. The van der Waals surface area contributed by atoms with E-state index in [1.807, 2.05) is 0 Å². The van der Waals surface area contributed by atoms with Crippen molar-refractivity contribution in [1.82, 2.24) is 0 Å². The summed E-state index contributed by atoms with van der Waals surface area (Å²) in [4.78, 5) is 0. The van der Waals surface area contributed by atoms with Crippen LogP contribution in [0.2, 0.25) is 0 Å². The maximum absolute atomic E-state index is 0. The summed E-state index contributed by atoms with van der Waals surface area (Å²) in [6.07, 6.45) is 0. The van der Waals surface area contributed by atoms with E-state index in [9.17, 15) is 0 Å². The molecule has 2 N–H and O–H groups in total. The third kappa shape index (κ3) is 9.01. The van der Waals surface area contributed by atoms with Crippen LogP contribution < -0.4 is 0 Å². The third-order valence-electron chi connectivity index (χ3n) is 0. The molecule has 4 heavy (non-hydrogen) atoms. The first-order valence-electron chi connectivity index (χ1n) is 0. The first-order chi connectivity index (χ1) is 0. The third-order valence-corrected chi connectivity index (χ3v) is 0. The maximum atomic E-state index is 0. The predicted octanol–water partition coefficient (Wildman–Crippen LogP) is -0.983. The Balaban J connectivity index is 0. The molecule has 0 aliphatic rings. The Labute approximate surface area is 110 Å². The molecule has 0 atom stereocenters. The van der Waals surface area contributed by atoms with Crippen molar-refractivity contribution in [3.63, 3.8) is 0 Å². The summed E-state index contributed by atoms with van der Waals surface area (Å²) in [5.74, 6) is 0. The minimum Gasteiger partial charge on any atom is -1.00 e. The van der Waals surface area contributed by atoms with Crippen molar-refractivity contribution >= 4 is 45.5 Å². The van der Waals surface area contributed by atoms with E-state index in [2.05, 4.69) is 0 Å². The van der Waals surface area contributed by atoms with Gasteiger partial charge in [-0.25, -0.2) is 0 Å². The molecule has 1 radical (unpaired) electrons. The van der Waals surface area contributed by atoms with Gasteiger partial charge in [0.05, 0.1) is 0 Å². The van der Waals surface area contributed by atoms with Crippen molar-refractivity contribution in [1.29, 1.82) is 0 Å². The molecule has 0 aliphatic carbocycles. The Hall–Kier alpha value is 3.34. The van der Waals surface area contributed by atoms with Crippen LogP contribution in [-0.4, -0.2) is 51.0 Å². The standard InChI is InChI=1S/Ce.Mn.H2O.Sr.2H/h;;1H2;;;/q;;;+2;2*-1. The Bertz CT molecular complexity index is 13.5. The Morgan fingerprint density at radius 3 is 1.25 bits per heavy atom. The van der Waals surface area contributed by atoms with Crippen LogP contribution in [-0.2, 0) is 17.1 Å². The van der Waals surface area contributed by atoms with Crippen LogP contribution in [0.25, 0.3) is 0 Å². The number of hydrogen-bond donors (Lipinski definition) is 0. The average Bonchev–Trinajstić information content (AvgIpc) is 0. The monoisotopic (exact) mass is 303 g/mol. The van der Waals surface area contributed by atoms with Crippen LogP contribution >= 0.6 is 0 Å². The van der Waals surface area contributed by atoms with E-state index in [-0.39, 0.29) is 113 Å². The van der Waals surface area contributed by atoms with Crippen molar-refractivity contribution in [3.8, 4) is 0 Å². The van der Waals surface area contributed by atoms with Crippen molar-refractivity contribution in [3.05, 3.63) is 0 Å². The van der Waals surface area contributed by atoms with E-state index in [1.165, 1.54) is 0 Å². The van der Waals surface area contributed by atoms with Gasteiger partial charge < -0.3 is 8.33 Å². The molecule has 0 aromatic heterocycles. The first kappa shape index (κ1) is 26.5. The van der Waals surface area contributed by atoms with Crippen molar-refractivity contribution in [2.75, 3.05) is 0 Å². The topological polar surface area (TPSA) is 31.5 Å². The van der Waals surface area contributed by atoms with Gasteiger partial charge in [-0.05, 0) is 0 Å². The van der Waals surface area contributed by atoms with Gasteiger partial charge in [0.1, 0.15) is 0 Å². The SMILES string of the molecule is O.[Ce].[H-].[H-].[Mn].[Sr+2]. The van der Waals surface area contributed by atoms with Gasteiger partial charge in [-0.2, -0.15) is 0 Å². The van der Waals surface area contributed by atoms with E-state index in [0.717, 1.165) is 0 Å². The van der Waals surface area contributed by atoms with Crippen LogP contribution in [0.1, 0.15) is 2.85 Å². The maximum Gasteiger partial charge on any atom is 2.00 e. The second-order valence-corrected chi connectivity index (χ2v) is 0. The van der Waals surface area contributed by atoms with Gasteiger partial charge in [0.2, 0.25) is 0 Å². The molecule has 0 amide bonds. The minimum absolute atomic E-state index is 0. The second-order valence-electron chi connectivity index (χ2n) is 0. The summed E-state index contributed by atoms with van der Waals surface area (Å²) in [5.41, 5.74) is 0. The molecule has 0 aromatic rings. The van der Waals surface area contributed by atoms with Crippen LogP contribution in [0.15, 0.2) is 0 Å². The van der Waals surface area contributed by atoms with Crippen molar-refractivity contribution < 1.29 is 67.1 Å². The summed E-state index contributed by atoms with van der Waals surface area (Å²) < 4.78 is 0. The van der Waals surface area contributed by atoms with Crippen LogP contribution in [0.5, 0.6) is 0 Å². The summed E-state index contributed by atoms with van der Waals surface area (Å²) in [7, 11) is 0. The Morgan fingerprint density at radius 1 is 1.25 bits per heavy atom. The molecule has 4 heteroatoms. The van der Waals surface area contributed by atoms with E-state index in [0.29, 0.717) is 0 Å². The fourth-order valence-corrected chi connectivity index (χ4v) is 0. The van der Waals surface area contributed by atoms with Crippen LogP contribution in [0.3, 0.4) is 0 Å². The zero-order valence-electron chi connectivity index (χ0n) is 4.09.